The zero-order chi connectivity index (χ0) is 11.7. The molecule has 1 aliphatic heterocycles. The van der Waals surface area contributed by atoms with Crippen molar-refractivity contribution in [2.75, 3.05) is 0 Å². The van der Waals surface area contributed by atoms with E-state index in [0.717, 1.165) is 10.8 Å². The molecule has 1 aliphatic rings. The van der Waals surface area contributed by atoms with Crippen molar-refractivity contribution in [1.29, 1.82) is 0 Å². The van der Waals surface area contributed by atoms with Crippen LogP contribution in [0.5, 0.6) is 0 Å². The summed E-state index contributed by atoms with van der Waals surface area (Å²) in [7, 11) is 0. The Morgan fingerprint density at radius 2 is 1.71 bits per heavy atom. The van der Waals surface area contributed by atoms with E-state index in [2.05, 4.69) is 41.8 Å². The second kappa shape index (κ2) is 4.59. The van der Waals surface area contributed by atoms with Gasteiger partial charge in [0.15, 0.2) is 0 Å². The van der Waals surface area contributed by atoms with Gasteiger partial charge in [-0.2, -0.15) is 0 Å². The second-order valence-electron chi connectivity index (χ2n) is 4.01. The van der Waals surface area contributed by atoms with Crippen molar-refractivity contribution in [2.24, 2.45) is 0 Å². The molecule has 17 heavy (non-hydrogen) atoms. The smallest absolute Gasteiger partial charge is 0.0406 e. The summed E-state index contributed by atoms with van der Waals surface area (Å²) in [5.41, 5.74) is 5.28. The van der Waals surface area contributed by atoms with Gasteiger partial charge in [0.2, 0.25) is 0 Å². The number of thioether (sulfide) groups is 1. The molecule has 0 aromatic heterocycles. The first kappa shape index (κ1) is 10.9. The summed E-state index contributed by atoms with van der Waals surface area (Å²) in [6.07, 6.45) is 0. The van der Waals surface area contributed by atoms with E-state index in [-0.39, 0.29) is 0 Å². The molecule has 0 aliphatic carbocycles. The summed E-state index contributed by atoms with van der Waals surface area (Å²) in [6, 6.07) is 16.6. The fraction of sp³-hybridized carbons (Fsp3) is 0.0667. The van der Waals surface area contributed by atoms with Crippen molar-refractivity contribution in [3.05, 3.63) is 75.7 Å². The monoisotopic (exact) mass is 258 g/mol. The van der Waals surface area contributed by atoms with Gasteiger partial charge in [0, 0.05) is 10.8 Å². The summed E-state index contributed by atoms with van der Waals surface area (Å²) >= 11 is 7.78. The minimum Gasteiger partial charge on any atom is -0.129 e. The van der Waals surface area contributed by atoms with Crippen molar-refractivity contribution >= 4 is 28.9 Å². The highest BCUT2D eigenvalue weighted by Gasteiger charge is 2.13. The lowest BCUT2D eigenvalue weighted by molar-refractivity contribution is 1.36. The molecular weight excluding hydrogens is 248 g/mol. The molecule has 0 bridgehead atoms. The molecule has 0 radical (unpaired) electrons. The average molecular weight is 259 g/mol. The molecular formula is C15H11ClS. The van der Waals surface area contributed by atoms with Crippen LogP contribution in [0.15, 0.2) is 53.9 Å². The summed E-state index contributed by atoms with van der Waals surface area (Å²) in [6.45, 7) is 0. The van der Waals surface area contributed by atoms with Crippen molar-refractivity contribution in [2.45, 2.75) is 5.75 Å². The zero-order valence-electron chi connectivity index (χ0n) is 9.19. The third kappa shape index (κ3) is 2.13. The van der Waals surface area contributed by atoms with E-state index < -0.39 is 0 Å². The van der Waals surface area contributed by atoms with Gasteiger partial charge in [0.05, 0.1) is 0 Å². The van der Waals surface area contributed by atoms with E-state index >= 15 is 0 Å². The van der Waals surface area contributed by atoms with Crippen molar-refractivity contribution in [3.8, 4) is 0 Å². The van der Waals surface area contributed by atoms with Crippen LogP contribution in [0.3, 0.4) is 0 Å². The lowest BCUT2D eigenvalue weighted by atomic mass is 9.95. The van der Waals surface area contributed by atoms with E-state index in [9.17, 15) is 0 Å². The Hall–Kier alpha value is -1.18. The molecule has 3 rings (SSSR count). The van der Waals surface area contributed by atoms with E-state index in [1.54, 1.807) is 0 Å². The Bertz CT molecular complexity index is 570. The molecule has 1 heterocycles. The van der Waals surface area contributed by atoms with Crippen LogP contribution in [-0.4, -0.2) is 0 Å². The van der Waals surface area contributed by atoms with E-state index in [4.69, 9.17) is 11.6 Å². The fourth-order valence-corrected chi connectivity index (χ4v) is 3.11. The van der Waals surface area contributed by atoms with Gasteiger partial charge in [-0.3, -0.25) is 0 Å². The van der Waals surface area contributed by atoms with Crippen LogP contribution in [0.2, 0.25) is 5.02 Å². The maximum atomic E-state index is 5.93. The maximum absolute atomic E-state index is 5.93. The van der Waals surface area contributed by atoms with Gasteiger partial charge in [-0.25, -0.2) is 0 Å². The summed E-state index contributed by atoms with van der Waals surface area (Å²) in [4.78, 5) is 0. The molecule has 0 N–H and O–H groups in total. The summed E-state index contributed by atoms with van der Waals surface area (Å²) in [5.74, 6) is 1.06. The Balaban J connectivity index is 2.09. The van der Waals surface area contributed by atoms with Gasteiger partial charge in [-0.05, 0) is 39.8 Å². The van der Waals surface area contributed by atoms with Crippen molar-refractivity contribution in [1.82, 2.24) is 0 Å². The highest BCUT2D eigenvalue weighted by molar-refractivity contribution is 8.01. The molecule has 2 heteroatoms. The Morgan fingerprint density at radius 3 is 2.53 bits per heavy atom. The van der Waals surface area contributed by atoms with Crippen LogP contribution in [0.4, 0.5) is 0 Å². The van der Waals surface area contributed by atoms with Crippen LogP contribution in [0.1, 0.15) is 16.7 Å². The molecule has 0 unspecified atom stereocenters. The first-order valence-corrected chi connectivity index (χ1v) is 6.93. The van der Waals surface area contributed by atoms with Crippen molar-refractivity contribution in [3.63, 3.8) is 0 Å². The van der Waals surface area contributed by atoms with Crippen molar-refractivity contribution < 1.29 is 0 Å². The Kier molecular flexibility index (Phi) is 2.96. The number of hydrogen-bond acceptors (Lipinski definition) is 1. The van der Waals surface area contributed by atoms with Gasteiger partial charge >= 0.3 is 0 Å². The zero-order valence-corrected chi connectivity index (χ0v) is 10.8. The topological polar surface area (TPSA) is 0 Å². The van der Waals surface area contributed by atoms with Crippen LogP contribution < -0.4 is 0 Å². The van der Waals surface area contributed by atoms with Gasteiger partial charge in [0.1, 0.15) is 0 Å². The highest BCUT2D eigenvalue weighted by Crippen LogP contribution is 2.35. The van der Waals surface area contributed by atoms with Gasteiger partial charge in [-0.15, -0.1) is 11.8 Å². The molecule has 2 aromatic rings. The predicted molar refractivity (Wildman–Crippen MR) is 76.3 cm³/mol. The lowest BCUT2D eigenvalue weighted by Crippen LogP contribution is -1.97. The van der Waals surface area contributed by atoms with Crippen LogP contribution in [0.25, 0.3) is 5.57 Å². The highest BCUT2D eigenvalue weighted by atomic mass is 35.5. The number of halogens is 1. The molecule has 0 saturated carbocycles. The SMILES string of the molecule is Clc1ccc(C2=CSCc3ccccc32)cc1. The van der Waals surface area contributed by atoms with Gasteiger partial charge < -0.3 is 0 Å². The van der Waals surface area contributed by atoms with Gasteiger partial charge in [-0.1, -0.05) is 48.0 Å². The molecule has 0 nitrogen and oxygen atoms in total. The normalized spacial score (nSPS) is 14.1. The van der Waals surface area contributed by atoms with Gasteiger partial charge in [0.25, 0.3) is 0 Å². The van der Waals surface area contributed by atoms with E-state index in [1.165, 1.54) is 22.3 Å². The standard InChI is InChI=1S/C15H11ClS/c16-13-7-5-11(6-8-13)15-10-17-9-12-3-1-2-4-14(12)15/h1-8,10H,9H2. The van der Waals surface area contributed by atoms with Crippen LogP contribution in [0, 0.1) is 0 Å². The number of benzene rings is 2. The average Bonchev–Trinajstić information content (AvgIpc) is 2.39. The third-order valence-electron chi connectivity index (χ3n) is 2.90. The van der Waals surface area contributed by atoms with Crippen LogP contribution in [-0.2, 0) is 5.75 Å². The number of fused-ring (bicyclic) bond motifs is 1. The van der Waals surface area contributed by atoms with Crippen LogP contribution >= 0.6 is 23.4 Å². The predicted octanol–water partition coefficient (Wildman–Crippen LogP) is 4.98. The summed E-state index contributed by atoms with van der Waals surface area (Å²) < 4.78 is 0. The second-order valence-corrected chi connectivity index (χ2v) is 5.30. The maximum Gasteiger partial charge on any atom is 0.0406 e. The first-order valence-electron chi connectivity index (χ1n) is 5.50. The van der Waals surface area contributed by atoms with E-state index in [1.807, 2.05) is 23.9 Å². The fourth-order valence-electron chi connectivity index (χ4n) is 2.04. The Labute approximate surface area is 110 Å². The van der Waals surface area contributed by atoms with E-state index in [0.29, 0.717) is 0 Å². The molecule has 0 fully saturated rings. The number of rotatable bonds is 1. The summed E-state index contributed by atoms with van der Waals surface area (Å²) in [5, 5.41) is 3.03. The molecule has 84 valence electrons. The first-order chi connectivity index (χ1) is 8.34. The number of hydrogen-bond donors (Lipinski definition) is 0. The largest absolute Gasteiger partial charge is 0.129 e. The molecule has 0 spiro atoms. The Morgan fingerprint density at radius 1 is 0.941 bits per heavy atom. The quantitative estimate of drug-likeness (QED) is 0.695. The minimum atomic E-state index is 0.783. The third-order valence-corrected chi connectivity index (χ3v) is 4.03. The molecule has 0 saturated heterocycles. The molecule has 0 atom stereocenters. The minimum absolute atomic E-state index is 0.783. The molecule has 0 amide bonds. The molecule has 2 aromatic carbocycles. The lowest BCUT2D eigenvalue weighted by Gasteiger charge is -2.17.